The Bertz CT molecular complexity index is 315. The maximum atomic E-state index is 9.63. The van der Waals surface area contributed by atoms with Crippen LogP contribution >= 0.6 is 0 Å². The van der Waals surface area contributed by atoms with Gasteiger partial charge in [-0.2, -0.15) is 0 Å². The van der Waals surface area contributed by atoms with Crippen molar-refractivity contribution in [3.63, 3.8) is 0 Å². The van der Waals surface area contributed by atoms with Crippen molar-refractivity contribution in [2.75, 3.05) is 32.7 Å². The second-order valence-electron chi connectivity index (χ2n) is 6.73. The van der Waals surface area contributed by atoms with Crippen LogP contribution in [0.15, 0.2) is 4.99 Å². The van der Waals surface area contributed by atoms with E-state index >= 15 is 0 Å². The molecule has 0 radical (unpaired) electrons. The summed E-state index contributed by atoms with van der Waals surface area (Å²) in [5.74, 6) is 1.01. The first-order valence-electron chi connectivity index (χ1n) is 8.92. The zero-order chi connectivity index (χ0) is 16.5. The molecule has 0 unspecified atom stereocenters. The van der Waals surface area contributed by atoms with Gasteiger partial charge in [-0.3, -0.25) is 9.89 Å². The van der Waals surface area contributed by atoms with Crippen LogP contribution in [0.5, 0.6) is 0 Å². The Morgan fingerprint density at radius 3 is 2.32 bits per heavy atom. The van der Waals surface area contributed by atoms with E-state index in [0.717, 1.165) is 57.9 Å². The number of hydrogen-bond acceptors (Lipinski definition) is 3. The molecule has 1 aliphatic rings. The molecular formula is C17H36N4O. The topological polar surface area (TPSA) is 51.1 Å². The lowest BCUT2D eigenvalue weighted by molar-refractivity contribution is 0.108. The summed E-state index contributed by atoms with van der Waals surface area (Å²) in [6, 6.07) is 1.17. The maximum absolute atomic E-state index is 9.63. The summed E-state index contributed by atoms with van der Waals surface area (Å²) < 4.78 is 0. The zero-order valence-electron chi connectivity index (χ0n) is 15.2. The summed E-state index contributed by atoms with van der Waals surface area (Å²) in [7, 11) is 0. The number of rotatable bonds is 7. The van der Waals surface area contributed by atoms with Crippen molar-refractivity contribution in [3.05, 3.63) is 0 Å². The minimum absolute atomic E-state index is 0.134. The molecule has 1 aliphatic heterocycles. The second-order valence-corrected chi connectivity index (χ2v) is 6.73. The SMILES string of the molecule is CCNC(=NCCCN(C(C)C)C(C)C)N1CCC(O)CC1. The molecule has 0 saturated carbocycles. The number of nitrogens with one attached hydrogen (secondary N) is 1. The molecule has 0 aromatic carbocycles. The quantitative estimate of drug-likeness (QED) is 0.428. The third kappa shape index (κ3) is 6.53. The van der Waals surface area contributed by atoms with E-state index in [1.54, 1.807) is 0 Å². The van der Waals surface area contributed by atoms with Crippen molar-refractivity contribution in [1.29, 1.82) is 0 Å². The largest absolute Gasteiger partial charge is 0.393 e. The molecule has 0 bridgehead atoms. The van der Waals surface area contributed by atoms with Gasteiger partial charge in [-0.25, -0.2) is 0 Å². The smallest absolute Gasteiger partial charge is 0.193 e. The van der Waals surface area contributed by atoms with Gasteiger partial charge >= 0.3 is 0 Å². The number of aliphatic hydroxyl groups excluding tert-OH is 1. The number of nitrogens with zero attached hydrogens (tertiary/aromatic N) is 3. The third-order valence-corrected chi connectivity index (χ3v) is 4.26. The van der Waals surface area contributed by atoms with E-state index in [4.69, 9.17) is 4.99 Å². The van der Waals surface area contributed by atoms with Crippen molar-refractivity contribution in [1.82, 2.24) is 15.1 Å². The summed E-state index contributed by atoms with van der Waals surface area (Å²) in [5.41, 5.74) is 0. The molecular weight excluding hydrogens is 276 g/mol. The molecule has 1 rings (SSSR count). The number of aliphatic hydroxyl groups is 1. The van der Waals surface area contributed by atoms with E-state index in [-0.39, 0.29) is 6.10 Å². The van der Waals surface area contributed by atoms with Gasteiger partial charge in [0.15, 0.2) is 5.96 Å². The van der Waals surface area contributed by atoms with E-state index < -0.39 is 0 Å². The molecule has 1 saturated heterocycles. The van der Waals surface area contributed by atoms with Crippen LogP contribution in [0.2, 0.25) is 0 Å². The van der Waals surface area contributed by atoms with Crippen molar-refractivity contribution in [2.24, 2.45) is 4.99 Å². The highest BCUT2D eigenvalue weighted by Gasteiger charge is 2.19. The van der Waals surface area contributed by atoms with E-state index in [9.17, 15) is 5.11 Å². The van der Waals surface area contributed by atoms with Gasteiger partial charge in [0.1, 0.15) is 0 Å². The second kappa shape index (κ2) is 10.1. The highest BCUT2D eigenvalue weighted by atomic mass is 16.3. The van der Waals surface area contributed by atoms with Crippen LogP contribution in [0.25, 0.3) is 0 Å². The van der Waals surface area contributed by atoms with Gasteiger partial charge in [-0.15, -0.1) is 0 Å². The monoisotopic (exact) mass is 312 g/mol. The summed E-state index contributed by atoms with van der Waals surface area (Å²) in [5, 5.41) is 13.0. The highest BCUT2D eigenvalue weighted by molar-refractivity contribution is 5.80. The third-order valence-electron chi connectivity index (χ3n) is 4.26. The molecule has 5 heteroatoms. The Hall–Kier alpha value is -0.810. The summed E-state index contributed by atoms with van der Waals surface area (Å²) in [6.45, 7) is 15.8. The van der Waals surface area contributed by atoms with Gasteiger partial charge in [-0.1, -0.05) is 0 Å². The first-order chi connectivity index (χ1) is 10.5. The summed E-state index contributed by atoms with van der Waals surface area (Å²) >= 11 is 0. The van der Waals surface area contributed by atoms with Crippen molar-refractivity contribution >= 4 is 5.96 Å². The Morgan fingerprint density at radius 1 is 1.23 bits per heavy atom. The van der Waals surface area contributed by atoms with E-state index in [2.05, 4.69) is 49.7 Å². The van der Waals surface area contributed by atoms with Crippen LogP contribution in [0, 0.1) is 0 Å². The van der Waals surface area contributed by atoms with Crippen LogP contribution in [-0.4, -0.2) is 71.8 Å². The fourth-order valence-electron chi connectivity index (χ4n) is 3.05. The average Bonchev–Trinajstić information content (AvgIpc) is 2.46. The predicted molar refractivity (Wildman–Crippen MR) is 94.4 cm³/mol. The lowest BCUT2D eigenvalue weighted by atomic mass is 10.1. The average molecular weight is 313 g/mol. The Morgan fingerprint density at radius 2 is 1.82 bits per heavy atom. The van der Waals surface area contributed by atoms with Gasteiger partial charge in [0, 0.05) is 44.8 Å². The predicted octanol–water partition coefficient (Wildman–Crippen LogP) is 1.92. The molecule has 0 aromatic rings. The minimum atomic E-state index is -0.134. The lowest BCUT2D eigenvalue weighted by Crippen LogP contribution is -2.46. The van der Waals surface area contributed by atoms with Crippen LogP contribution in [0.1, 0.15) is 53.9 Å². The molecule has 0 aromatic heterocycles. The van der Waals surface area contributed by atoms with Gasteiger partial charge in [0.2, 0.25) is 0 Å². The maximum Gasteiger partial charge on any atom is 0.193 e. The molecule has 0 spiro atoms. The molecule has 1 fully saturated rings. The van der Waals surface area contributed by atoms with Crippen molar-refractivity contribution in [2.45, 2.75) is 72.1 Å². The van der Waals surface area contributed by atoms with Crippen LogP contribution < -0.4 is 5.32 Å². The van der Waals surface area contributed by atoms with E-state index in [1.807, 2.05) is 0 Å². The van der Waals surface area contributed by atoms with Crippen molar-refractivity contribution in [3.8, 4) is 0 Å². The molecule has 5 nitrogen and oxygen atoms in total. The number of guanidine groups is 1. The fraction of sp³-hybridized carbons (Fsp3) is 0.941. The molecule has 1 heterocycles. The van der Waals surface area contributed by atoms with Crippen LogP contribution in [0.3, 0.4) is 0 Å². The summed E-state index contributed by atoms with van der Waals surface area (Å²) in [4.78, 5) is 9.57. The number of hydrogen-bond donors (Lipinski definition) is 2. The molecule has 130 valence electrons. The first-order valence-corrected chi connectivity index (χ1v) is 8.92. The first kappa shape index (κ1) is 19.2. The summed E-state index contributed by atoms with van der Waals surface area (Å²) in [6.07, 6.45) is 2.64. The molecule has 22 heavy (non-hydrogen) atoms. The van der Waals surface area contributed by atoms with Gasteiger partial charge < -0.3 is 15.3 Å². The van der Waals surface area contributed by atoms with Gasteiger partial charge in [0.25, 0.3) is 0 Å². The van der Waals surface area contributed by atoms with Crippen LogP contribution in [0.4, 0.5) is 0 Å². The Labute approximate surface area is 136 Å². The number of likely N-dealkylation sites (tertiary alicyclic amines) is 1. The standard InChI is InChI=1S/C17H36N4O/c1-6-18-17(20-12-8-16(22)9-13-20)19-10-7-11-21(14(2)3)15(4)5/h14-16,22H,6-13H2,1-5H3,(H,18,19). The normalized spacial score (nSPS) is 17.9. The molecule has 2 N–H and O–H groups in total. The number of aliphatic imine (C=N–C) groups is 1. The van der Waals surface area contributed by atoms with E-state index in [0.29, 0.717) is 12.1 Å². The Balaban J connectivity index is 2.45. The van der Waals surface area contributed by atoms with Crippen molar-refractivity contribution < 1.29 is 5.11 Å². The molecule has 0 aliphatic carbocycles. The molecule has 0 atom stereocenters. The highest BCUT2D eigenvalue weighted by Crippen LogP contribution is 2.10. The van der Waals surface area contributed by atoms with E-state index in [1.165, 1.54) is 0 Å². The van der Waals surface area contributed by atoms with Crippen LogP contribution in [-0.2, 0) is 0 Å². The van der Waals surface area contributed by atoms with Gasteiger partial charge in [0.05, 0.1) is 6.10 Å². The minimum Gasteiger partial charge on any atom is -0.393 e. The fourth-order valence-corrected chi connectivity index (χ4v) is 3.05. The van der Waals surface area contributed by atoms with Gasteiger partial charge in [-0.05, 0) is 53.9 Å². The zero-order valence-corrected chi connectivity index (χ0v) is 15.2. The Kier molecular flexibility index (Phi) is 8.79. The molecule has 0 amide bonds. The number of piperidine rings is 1. The lowest BCUT2D eigenvalue weighted by Gasteiger charge is -2.32.